The largest absolute Gasteiger partial charge is 0.327 e. The zero-order chi connectivity index (χ0) is 9.84. The molecule has 2 nitrogen and oxygen atoms in total. The van der Waals surface area contributed by atoms with Gasteiger partial charge in [0.1, 0.15) is 0 Å². The molecule has 1 atom stereocenters. The fourth-order valence-corrected chi connectivity index (χ4v) is 2.07. The van der Waals surface area contributed by atoms with Crippen molar-refractivity contribution in [3.8, 4) is 0 Å². The zero-order valence-corrected chi connectivity index (χ0v) is 9.40. The molecule has 13 heavy (non-hydrogen) atoms. The van der Waals surface area contributed by atoms with Crippen molar-refractivity contribution in [3.05, 3.63) is 16.1 Å². The maximum Gasteiger partial charge on any atom is 0.0797 e. The summed E-state index contributed by atoms with van der Waals surface area (Å²) in [5.74, 6) is 0.675. The number of rotatable bonds is 4. The second-order valence-electron chi connectivity index (χ2n) is 3.95. The summed E-state index contributed by atoms with van der Waals surface area (Å²) >= 11 is 1.70. The number of hydrogen-bond donors (Lipinski definition) is 1. The van der Waals surface area contributed by atoms with E-state index in [0.29, 0.717) is 5.92 Å². The van der Waals surface area contributed by atoms with Crippen LogP contribution >= 0.6 is 11.3 Å². The van der Waals surface area contributed by atoms with E-state index in [4.69, 9.17) is 5.73 Å². The van der Waals surface area contributed by atoms with Crippen LogP contribution in [0.5, 0.6) is 0 Å². The fraction of sp³-hybridized carbons (Fsp3) is 0.700. The van der Waals surface area contributed by atoms with E-state index in [1.807, 2.05) is 5.51 Å². The number of aromatic nitrogens is 1. The van der Waals surface area contributed by atoms with Gasteiger partial charge in [0.2, 0.25) is 0 Å². The number of nitrogens with zero attached hydrogens (tertiary/aromatic N) is 1. The lowest BCUT2D eigenvalue weighted by molar-refractivity contribution is 0.490. The van der Waals surface area contributed by atoms with Gasteiger partial charge in [0, 0.05) is 17.3 Å². The topological polar surface area (TPSA) is 38.9 Å². The molecule has 0 aliphatic rings. The predicted octanol–water partition coefficient (Wildman–Crippen LogP) is 2.37. The Morgan fingerprint density at radius 2 is 2.23 bits per heavy atom. The first-order valence-corrected chi connectivity index (χ1v) is 5.62. The van der Waals surface area contributed by atoms with Crippen LogP contribution in [0.15, 0.2) is 5.51 Å². The molecule has 1 unspecified atom stereocenters. The van der Waals surface area contributed by atoms with Crippen molar-refractivity contribution < 1.29 is 0 Å². The van der Waals surface area contributed by atoms with E-state index >= 15 is 0 Å². The lowest BCUT2D eigenvalue weighted by atomic mass is 10.0. The quantitative estimate of drug-likeness (QED) is 0.806. The average Bonchev–Trinajstić information content (AvgIpc) is 2.34. The second kappa shape index (κ2) is 4.72. The first kappa shape index (κ1) is 10.7. The molecule has 0 radical (unpaired) electrons. The normalized spacial score (nSPS) is 13.6. The molecule has 0 aliphatic heterocycles. The predicted molar refractivity (Wildman–Crippen MR) is 58.0 cm³/mol. The summed E-state index contributed by atoms with van der Waals surface area (Å²) in [4.78, 5) is 5.61. The summed E-state index contributed by atoms with van der Waals surface area (Å²) in [6, 6.07) is 0.265. The van der Waals surface area contributed by atoms with Crippen LogP contribution in [-0.4, -0.2) is 11.0 Å². The number of aryl methyl sites for hydroxylation is 1. The van der Waals surface area contributed by atoms with Gasteiger partial charge in [-0.25, -0.2) is 4.98 Å². The molecular formula is C10H18N2S. The summed E-state index contributed by atoms with van der Waals surface area (Å²) in [6.07, 6.45) is 2.00. The highest BCUT2D eigenvalue weighted by Gasteiger charge is 2.09. The van der Waals surface area contributed by atoms with Gasteiger partial charge in [0.25, 0.3) is 0 Å². The summed E-state index contributed by atoms with van der Waals surface area (Å²) in [5.41, 5.74) is 9.07. The third kappa shape index (κ3) is 3.44. The van der Waals surface area contributed by atoms with Gasteiger partial charge in [-0.3, -0.25) is 0 Å². The Morgan fingerprint density at radius 3 is 2.69 bits per heavy atom. The Labute approximate surface area is 84.2 Å². The lowest BCUT2D eigenvalue weighted by Crippen LogP contribution is -2.25. The van der Waals surface area contributed by atoms with E-state index in [0.717, 1.165) is 12.8 Å². The van der Waals surface area contributed by atoms with E-state index in [9.17, 15) is 0 Å². The van der Waals surface area contributed by atoms with Crippen LogP contribution in [0.1, 0.15) is 30.8 Å². The molecule has 1 aromatic heterocycles. The Morgan fingerprint density at radius 1 is 1.54 bits per heavy atom. The molecule has 1 heterocycles. The van der Waals surface area contributed by atoms with Crippen molar-refractivity contribution >= 4 is 11.3 Å². The molecule has 0 saturated carbocycles. The maximum atomic E-state index is 6.00. The highest BCUT2D eigenvalue weighted by atomic mass is 32.1. The molecule has 0 bridgehead atoms. The van der Waals surface area contributed by atoms with Crippen LogP contribution in [0.25, 0.3) is 0 Å². The van der Waals surface area contributed by atoms with E-state index in [-0.39, 0.29) is 6.04 Å². The minimum absolute atomic E-state index is 0.265. The summed E-state index contributed by atoms with van der Waals surface area (Å²) < 4.78 is 0. The molecule has 0 aliphatic carbocycles. The molecule has 0 spiro atoms. The molecule has 0 fully saturated rings. The maximum absolute atomic E-state index is 6.00. The second-order valence-corrected chi connectivity index (χ2v) is 5.01. The molecule has 74 valence electrons. The molecule has 1 rings (SSSR count). The van der Waals surface area contributed by atoms with Gasteiger partial charge < -0.3 is 5.73 Å². The van der Waals surface area contributed by atoms with Crippen molar-refractivity contribution in [2.75, 3.05) is 0 Å². The minimum Gasteiger partial charge on any atom is -0.327 e. The average molecular weight is 198 g/mol. The molecule has 0 saturated heterocycles. The molecule has 3 heteroatoms. The SMILES string of the molecule is Cc1scnc1CC(N)CC(C)C. The minimum atomic E-state index is 0.265. The first-order chi connectivity index (χ1) is 6.09. The van der Waals surface area contributed by atoms with Gasteiger partial charge in [-0.1, -0.05) is 13.8 Å². The fourth-order valence-electron chi connectivity index (χ4n) is 1.46. The summed E-state index contributed by atoms with van der Waals surface area (Å²) in [5, 5.41) is 0. The van der Waals surface area contributed by atoms with Crippen molar-refractivity contribution in [2.45, 2.75) is 39.7 Å². The van der Waals surface area contributed by atoms with E-state index in [2.05, 4.69) is 25.8 Å². The third-order valence-corrected chi connectivity index (χ3v) is 2.87. The van der Waals surface area contributed by atoms with Gasteiger partial charge in [0.15, 0.2) is 0 Å². The number of thiazole rings is 1. The van der Waals surface area contributed by atoms with Crippen LogP contribution < -0.4 is 5.73 Å². The van der Waals surface area contributed by atoms with E-state index in [1.54, 1.807) is 11.3 Å². The van der Waals surface area contributed by atoms with Crippen LogP contribution in [0.4, 0.5) is 0 Å². The molecule has 1 aromatic rings. The number of nitrogens with two attached hydrogens (primary N) is 1. The molecular weight excluding hydrogens is 180 g/mol. The van der Waals surface area contributed by atoms with E-state index in [1.165, 1.54) is 10.6 Å². The van der Waals surface area contributed by atoms with Gasteiger partial charge >= 0.3 is 0 Å². The standard InChI is InChI=1S/C10H18N2S/c1-7(2)4-9(11)5-10-8(3)13-6-12-10/h6-7,9H,4-5,11H2,1-3H3. The number of hydrogen-bond acceptors (Lipinski definition) is 3. The van der Waals surface area contributed by atoms with Crippen molar-refractivity contribution in [1.82, 2.24) is 4.98 Å². The Balaban J connectivity index is 2.45. The van der Waals surface area contributed by atoms with Gasteiger partial charge in [-0.05, 0) is 19.3 Å². The monoisotopic (exact) mass is 198 g/mol. The van der Waals surface area contributed by atoms with Gasteiger partial charge in [-0.15, -0.1) is 11.3 Å². The highest BCUT2D eigenvalue weighted by molar-refractivity contribution is 7.09. The Hall–Kier alpha value is -0.410. The van der Waals surface area contributed by atoms with E-state index < -0.39 is 0 Å². The van der Waals surface area contributed by atoms with Crippen LogP contribution in [-0.2, 0) is 6.42 Å². The summed E-state index contributed by atoms with van der Waals surface area (Å²) in [7, 11) is 0. The van der Waals surface area contributed by atoms with Gasteiger partial charge in [-0.2, -0.15) is 0 Å². The van der Waals surface area contributed by atoms with Crippen molar-refractivity contribution in [3.63, 3.8) is 0 Å². The smallest absolute Gasteiger partial charge is 0.0797 e. The van der Waals surface area contributed by atoms with Gasteiger partial charge in [0.05, 0.1) is 11.2 Å². The summed E-state index contributed by atoms with van der Waals surface area (Å²) in [6.45, 7) is 6.51. The molecule has 2 N–H and O–H groups in total. The highest BCUT2D eigenvalue weighted by Crippen LogP contribution is 2.14. The van der Waals surface area contributed by atoms with Crippen molar-refractivity contribution in [2.24, 2.45) is 11.7 Å². The third-order valence-electron chi connectivity index (χ3n) is 2.07. The zero-order valence-electron chi connectivity index (χ0n) is 8.58. The lowest BCUT2D eigenvalue weighted by Gasteiger charge is -2.12. The molecule has 0 amide bonds. The van der Waals surface area contributed by atoms with Crippen LogP contribution in [0.2, 0.25) is 0 Å². The molecule has 0 aromatic carbocycles. The van der Waals surface area contributed by atoms with Crippen LogP contribution in [0.3, 0.4) is 0 Å². The first-order valence-electron chi connectivity index (χ1n) is 4.74. The van der Waals surface area contributed by atoms with Crippen LogP contribution in [0, 0.1) is 12.8 Å². The Bertz CT molecular complexity index is 255. The van der Waals surface area contributed by atoms with Crippen molar-refractivity contribution in [1.29, 1.82) is 0 Å². The Kier molecular flexibility index (Phi) is 3.88.